The smallest absolute Gasteiger partial charge is 0.284 e. The third kappa shape index (κ3) is 7.30. The number of hydrogen-bond donors (Lipinski definition) is 2. The zero-order valence-electron chi connectivity index (χ0n) is 28.4. The van der Waals surface area contributed by atoms with Gasteiger partial charge in [-0.1, -0.05) is 60.7 Å². The summed E-state index contributed by atoms with van der Waals surface area (Å²) in [5.74, 6) is 2.23. The Labute approximate surface area is 330 Å². The maximum absolute atomic E-state index is 11.6. The van der Waals surface area contributed by atoms with Gasteiger partial charge in [0.1, 0.15) is 23.1 Å². The first-order valence-electron chi connectivity index (χ1n) is 16.8. The zero-order valence-corrected chi connectivity index (χ0v) is 31.6. The lowest BCUT2D eigenvalue weighted by molar-refractivity contribution is -0.385. The van der Waals surface area contributed by atoms with Crippen LogP contribution in [0.25, 0.3) is 67.8 Å². The molecule has 0 spiro atoms. The molecule has 8 rings (SSSR count). The summed E-state index contributed by atoms with van der Waals surface area (Å²) in [6, 6.07) is 44.5. The molecule has 0 saturated carbocycles. The SMILES string of the molecule is O=[N+]([O-])c1cc(-c2nc(-c3ccc(Oc4ccc(-c5[nH]c(-c6ccc(Br)c([N+](=O)[O-])c6)nc5-c5ccccc5)cc4)cc3)c(-c3ccccc3)[nH]2)ccc1Br. The van der Waals surface area contributed by atoms with E-state index in [4.69, 9.17) is 14.7 Å². The summed E-state index contributed by atoms with van der Waals surface area (Å²) >= 11 is 6.52. The van der Waals surface area contributed by atoms with Gasteiger partial charge in [0.2, 0.25) is 0 Å². The zero-order chi connectivity index (χ0) is 38.1. The first kappa shape index (κ1) is 35.3. The second-order valence-corrected chi connectivity index (χ2v) is 14.1. The summed E-state index contributed by atoms with van der Waals surface area (Å²) in [6.45, 7) is 0. The lowest BCUT2D eigenvalue weighted by atomic mass is 10.0. The minimum Gasteiger partial charge on any atom is -0.457 e. The number of H-pyrrole nitrogens is 2. The van der Waals surface area contributed by atoms with Crippen LogP contribution in [0.3, 0.4) is 0 Å². The minimum absolute atomic E-state index is 0.0498. The van der Waals surface area contributed by atoms with Crippen molar-refractivity contribution < 1.29 is 14.6 Å². The second kappa shape index (κ2) is 15.0. The van der Waals surface area contributed by atoms with Crippen LogP contribution in [0.15, 0.2) is 155 Å². The molecule has 6 aromatic carbocycles. The van der Waals surface area contributed by atoms with E-state index in [1.54, 1.807) is 24.3 Å². The molecular formula is C42H26Br2N6O5. The standard InChI is InChI=1S/C42H26Br2N6O5/c43-33-21-15-29(23-35(33)49(51)52)41-45-37(25-7-3-1-4-8-25)39(47-41)27-11-17-31(18-12-27)55-32-19-13-28(14-20-32)40-38(26-9-5-2-6-10-26)46-42(48-40)30-16-22-34(44)36(24-30)50(53)54/h1-24H,(H,45,47)(H,46,48). The van der Waals surface area contributed by atoms with Gasteiger partial charge >= 0.3 is 0 Å². The molecule has 0 unspecified atom stereocenters. The molecule has 0 bridgehead atoms. The first-order valence-corrected chi connectivity index (χ1v) is 18.4. The van der Waals surface area contributed by atoms with Gasteiger partial charge < -0.3 is 14.7 Å². The van der Waals surface area contributed by atoms with Crippen molar-refractivity contribution in [3.05, 3.63) is 175 Å². The fraction of sp³-hybridized carbons (Fsp3) is 0. The normalized spacial score (nSPS) is 11.0. The second-order valence-electron chi connectivity index (χ2n) is 12.3. The molecule has 0 aliphatic rings. The number of nitrogens with one attached hydrogen (secondary N) is 2. The summed E-state index contributed by atoms with van der Waals surface area (Å²) in [4.78, 5) is 39.0. The average molecular weight is 855 g/mol. The van der Waals surface area contributed by atoms with Gasteiger partial charge in [-0.25, -0.2) is 9.97 Å². The molecule has 2 N–H and O–H groups in total. The van der Waals surface area contributed by atoms with Crippen molar-refractivity contribution in [1.29, 1.82) is 0 Å². The minimum atomic E-state index is -0.431. The topological polar surface area (TPSA) is 153 Å². The van der Waals surface area contributed by atoms with E-state index in [-0.39, 0.29) is 11.4 Å². The maximum atomic E-state index is 11.6. The largest absolute Gasteiger partial charge is 0.457 e. The number of aromatic nitrogens is 4. The quantitative estimate of drug-likeness (QED) is 0.103. The fourth-order valence-corrected chi connectivity index (χ4v) is 6.95. The Morgan fingerprint density at radius 3 is 1.27 bits per heavy atom. The van der Waals surface area contributed by atoms with E-state index < -0.39 is 9.85 Å². The molecule has 2 heterocycles. The average Bonchev–Trinajstić information content (AvgIpc) is 3.86. The van der Waals surface area contributed by atoms with Gasteiger partial charge in [-0.05, 0) is 105 Å². The van der Waals surface area contributed by atoms with Crippen LogP contribution in [0.5, 0.6) is 11.5 Å². The Morgan fingerprint density at radius 1 is 0.473 bits per heavy atom. The Kier molecular flexibility index (Phi) is 9.62. The van der Waals surface area contributed by atoms with E-state index >= 15 is 0 Å². The fourth-order valence-electron chi connectivity index (χ4n) is 6.16. The van der Waals surface area contributed by atoms with Gasteiger partial charge in [-0.3, -0.25) is 20.2 Å². The molecule has 268 valence electrons. The van der Waals surface area contributed by atoms with Crippen LogP contribution in [0.2, 0.25) is 0 Å². The predicted molar refractivity (Wildman–Crippen MR) is 219 cm³/mol. The van der Waals surface area contributed by atoms with Gasteiger partial charge in [0.05, 0.1) is 41.6 Å². The van der Waals surface area contributed by atoms with Gasteiger partial charge in [0.15, 0.2) is 0 Å². The molecule has 0 aliphatic heterocycles. The summed E-state index contributed by atoms with van der Waals surface area (Å²) in [6.07, 6.45) is 0. The number of rotatable bonds is 10. The van der Waals surface area contributed by atoms with Crippen LogP contribution in [-0.4, -0.2) is 29.8 Å². The molecule has 0 amide bonds. The van der Waals surface area contributed by atoms with E-state index in [0.29, 0.717) is 54.6 Å². The van der Waals surface area contributed by atoms with Crippen molar-refractivity contribution in [2.24, 2.45) is 0 Å². The highest BCUT2D eigenvalue weighted by molar-refractivity contribution is 9.11. The lowest BCUT2D eigenvalue weighted by Crippen LogP contribution is -1.91. The number of ether oxygens (including phenoxy) is 1. The number of imidazole rings is 2. The maximum Gasteiger partial charge on any atom is 0.284 e. The Morgan fingerprint density at radius 2 is 0.836 bits per heavy atom. The van der Waals surface area contributed by atoms with Crippen molar-refractivity contribution >= 4 is 43.2 Å². The van der Waals surface area contributed by atoms with Gasteiger partial charge in [-0.2, -0.15) is 0 Å². The van der Waals surface area contributed by atoms with E-state index in [1.807, 2.05) is 109 Å². The summed E-state index contributed by atoms with van der Waals surface area (Å²) < 4.78 is 7.02. The molecule has 0 aliphatic carbocycles. The van der Waals surface area contributed by atoms with Crippen LogP contribution < -0.4 is 4.74 Å². The van der Waals surface area contributed by atoms with Crippen molar-refractivity contribution in [3.63, 3.8) is 0 Å². The highest BCUT2D eigenvalue weighted by atomic mass is 79.9. The highest BCUT2D eigenvalue weighted by Gasteiger charge is 2.21. The van der Waals surface area contributed by atoms with Crippen molar-refractivity contribution in [1.82, 2.24) is 19.9 Å². The molecule has 8 aromatic rings. The van der Waals surface area contributed by atoms with Gasteiger partial charge in [0.25, 0.3) is 11.4 Å². The first-order chi connectivity index (χ1) is 26.7. The molecular weight excluding hydrogens is 828 g/mol. The van der Waals surface area contributed by atoms with Crippen LogP contribution in [0, 0.1) is 20.2 Å². The van der Waals surface area contributed by atoms with Gasteiger partial charge in [0, 0.05) is 45.5 Å². The summed E-state index contributed by atoms with van der Waals surface area (Å²) in [7, 11) is 0. The number of nitro groups is 2. The van der Waals surface area contributed by atoms with Crippen LogP contribution in [0.1, 0.15) is 0 Å². The summed E-state index contributed by atoms with van der Waals surface area (Å²) in [5, 5.41) is 23.3. The van der Waals surface area contributed by atoms with Crippen molar-refractivity contribution in [3.8, 4) is 79.3 Å². The molecule has 13 heteroatoms. The Balaban J connectivity index is 1.07. The van der Waals surface area contributed by atoms with E-state index in [0.717, 1.165) is 33.6 Å². The monoisotopic (exact) mass is 852 g/mol. The number of benzene rings is 6. The molecule has 0 radical (unpaired) electrons. The Bertz CT molecular complexity index is 2510. The van der Waals surface area contributed by atoms with Gasteiger partial charge in [-0.15, -0.1) is 0 Å². The van der Waals surface area contributed by atoms with E-state index in [9.17, 15) is 20.2 Å². The third-order valence-corrected chi connectivity index (χ3v) is 10.2. The number of hydrogen-bond acceptors (Lipinski definition) is 7. The number of nitro benzene ring substituents is 2. The molecule has 0 saturated heterocycles. The highest BCUT2D eigenvalue weighted by Crippen LogP contribution is 2.38. The molecule has 0 fully saturated rings. The van der Waals surface area contributed by atoms with Crippen LogP contribution >= 0.6 is 31.9 Å². The number of nitrogens with zero attached hydrogens (tertiary/aromatic N) is 4. The number of aromatic amines is 2. The molecule has 0 atom stereocenters. The van der Waals surface area contributed by atoms with Crippen molar-refractivity contribution in [2.75, 3.05) is 0 Å². The summed E-state index contributed by atoms with van der Waals surface area (Å²) in [5.41, 5.74) is 7.49. The van der Waals surface area contributed by atoms with E-state index in [1.165, 1.54) is 12.1 Å². The lowest BCUT2D eigenvalue weighted by Gasteiger charge is -2.09. The van der Waals surface area contributed by atoms with Crippen LogP contribution in [-0.2, 0) is 0 Å². The molecule has 55 heavy (non-hydrogen) atoms. The third-order valence-electron chi connectivity index (χ3n) is 8.86. The molecule has 11 nitrogen and oxygen atoms in total. The predicted octanol–water partition coefficient (Wildman–Crippen LogP) is 12.3. The Hall–Kier alpha value is -6.70. The molecule has 2 aromatic heterocycles. The van der Waals surface area contributed by atoms with Crippen LogP contribution in [0.4, 0.5) is 11.4 Å². The number of halogens is 2. The van der Waals surface area contributed by atoms with E-state index in [2.05, 4.69) is 41.8 Å². The van der Waals surface area contributed by atoms with Crippen molar-refractivity contribution in [2.45, 2.75) is 0 Å².